The fourth-order valence-electron chi connectivity index (χ4n) is 4.10. The Morgan fingerprint density at radius 2 is 1.88 bits per heavy atom. The number of aryl methyl sites for hydroxylation is 1. The summed E-state index contributed by atoms with van der Waals surface area (Å²) in [7, 11) is 0. The van der Waals surface area contributed by atoms with Gasteiger partial charge in [-0.2, -0.15) is 0 Å². The fraction of sp³-hybridized carbons (Fsp3) is 0.280. The lowest BCUT2D eigenvalue weighted by molar-refractivity contribution is 0.0970. The van der Waals surface area contributed by atoms with Gasteiger partial charge in [-0.1, -0.05) is 30.4 Å². The maximum Gasteiger partial charge on any atom is 0.297 e. The smallest absolute Gasteiger partial charge is 0.297 e. The van der Waals surface area contributed by atoms with Crippen LogP contribution in [0.25, 0.3) is 11.0 Å². The van der Waals surface area contributed by atoms with Gasteiger partial charge in [0.05, 0.1) is 30.2 Å². The Labute approximate surface area is 199 Å². The number of amides is 1. The van der Waals surface area contributed by atoms with Crippen LogP contribution in [0.3, 0.4) is 0 Å². The number of fused-ring (bicyclic) bond motifs is 2. The van der Waals surface area contributed by atoms with Crippen LogP contribution in [0.4, 0.5) is 5.13 Å². The molecule has 3 heterocycles. The normalized spacial score (nSPS) is 15.1. The SMILES string of the molecule is CCCOc1cccc(C2c3c(oc4cc(OCC)ccc4c3=O)C(=O)N2c2nnc(C)s2)c1. The van der Waals surface area contributed by atoms with Gasteiger partial charge in [-0.3, -0.25) is 14.5 Å². The summed E-state index contributed by atoms with van der Waals surface area (Å²) in [6.45, 7) is 6.76. The summed E-state index contributed by atoms with van der Waals surface area (Å²) in [5.74, 6) is 0.804. The Morgan fingerprint density at radius 3 is 2.62 bits per heavy atom. The molecule has 0 radical (unpaired) electrons. The quantitative estimate of drug-likeness (QED) is 0.374. The summed E-state index contributed by atoms with van der Waals surface area (Å²) in [6.07, 6.45) is 0.866. The molecule has 9 heteroatoms. The first kappa shape index (κ1) is 22.1. The molecule has 0 saturated heterocycles. The van der Waals surface area contributed by atoms with Crippen LogP contribution in [0, 0.1) is 6.92 Å². The van der Waals surface area contributed by atoms with E-state index in [-0.39, 0.29) is 16.8 Å². The third-order valence-corrected chi connectivity index (χ3v) is 6.36. The van der Waals surface area contributed by atoms with Crippen LogP contribution in [-0.2, 0) is 0 Å². The highest BCUT2D eigenvalue weighted by Gasteiger charge is 2.45. The molecule has 1 aliphatic heterocycles. The van der Waals surface area contributed by atoms with Crippen molar-refractivity contribution in [1.82, 2.24) is 10.2 Å². The minimum atomic E-state index is -0.716. The lowest BCUT2D eigenvalue weighted by Crippen LogP contribution is -2.29. The first-order valence-corrected chi connectivity index (χ1v) is 11.9. The second-order valence-corrected chi connectivity index (χ2v) is 9.03. The number of rotatable bonds is 7. The zero-order valence-electron chi connectivity index (χ0n) is 19.0. The monoisotopic (exact) mass is 477 g/mol. The molecule has 1 amide bonds. The van der Waals surface area contributed by atoms with E-state index in [0.717, 1.165) is 12.0 Å². The van der Waals surface area contributed by atoms with Gasteiger partial charge in [0, 0.05) is 6.07 Å². The summed E-state index contributed by atoms with van der Waals surface area (Å²) in [4.78, 5) is 28.8. The van der Waals surface area contributed by atoms with E-state index in [2.05, 4.69) is 10.2 Å². The molecule has 174 valence electrons. The molecular formula is C25H23N3O5S. The Morgan fingerprint density at radius 1 is 1.06 bits per heavy atom. The maximum atomic E-state index is 13.7. The molecule has 34 heavy (non-hydrogen) atoms. The number of hydrogen-bond acceptors (Lipinski definition) is 8. The van der Waals surface area contributed by atoms with Crippen LogP contribution in [0.15, 0.2) is 51.7 Å². The van der Waals surface area contributed by atoms with Crippen molar-refractivity contribution in [1.29, 1.82) is 0 Å². The molecule has 0 N–H and O–H groups in total. The molecule has 0 saturated carbocycles. The number of carbonyl (C=O) groups is 1. The van der Waals surface area contributed by atoms with E-state index >= 15 is 0 Å². The van der Waals surface area contributed by atoms with Gasteiger partial charge >= 0.3 is 0 Å². The van der Waals surface area contributed by atoms with Crippen LogP contribution in [-0.4, -0.2) is 29.3 Å². The Balaban J connectivity index is 1.72. The number of nitrogens with zero attached hydrogens (tertiary/aromatic N) is 3. The average molecular weight is 478 g/mol. The van der Waals surface area contributed by atoms with Crippen molar-refractivity contribution in [3.63, 3.8) is 0 Å². The number of ether oxygens (including phenoxy) is 2. The van der Waals surface area contributed by atoms with Crippen molar-refractivity contribution in [2.45, 2.75) is 33.2 Å². The van der Waals surface area contributed by atoms with Crippen LogP contribution < -0.4 is 19.8 Å². The first-order chi connectivity index (χ1) is 16.5. The maximum absolute atomic E-state index is 13.7. The third-order valence-electron chi connectivity index (χ3n) is 5.52. The van der Waals surface area contributed by atoms with Gasteiger partial charge in [-0.25, -0.2) is 0 Å². The molecule has 2 aromatic heterocycles. The van der Waals surface area contributed by atoms with Crippen LogP contribution in [0.5, 0.6) is 11.5 Å². The van der Waals surface area contributed by atoms with Gasteiger partial charge in [0.15, 0.2) is 5.43 Å². The number of hydrogen-bond donors (Lipinski definition) is 0. The second-order valence-electron chi connectivity index (χ2n) is 7.87. The van der Waals surface area contributed by atoms with Crippen LogP contribution >= 0.6 is 11.3 Å². The van der Waals surface area contributed by atoms with E-state index in [9.17, 15) is 9.59 Å². The molecule has 1 unspecified atom stereocenters. The van der Waals surface area contributed by atoms with Crippen molar-refractivity contribution >= 4 is 33.3 Å². The van der Waals surface area contributed by atoms with E-state index in [4.69, 9.17) is 13.9 Å². The Hall–Kier alpha value is -3.72. The van der Waals surface area contributed by atoms with Gasteiger partial charge in [0.2, 0.25) is 10.9 Å². The van der Waals surface area contributed by atoms with Crippen molar-refractivity contribution in [3.8, 4) is 11.5 Å². The summed E-state index contributed by atoms with van der Waals surface area (Å²) in [5, 5.41) is 9.77. The van der Waals surface area contributed by atoms with Gasteiger partial charge in [0.1, 0.15) is 22.1 Å². The average Bonchev–Trinajstić information content (AvgIpc) is 3.39. The second kappa shape index (κ2) is 8.90. The molecule has 4 aromatic rings. The Kier molecular flexibility index (Phi) is 5.79. The lowest BCUT2D eigenvalue weighted by atomic mass is 9.98. The summed E-state index contributed by atoms with van der Waals surface area (Å²) in [6, 6.07) is 11.8. The molecule has 2 aromatic carbocycles. The molecule has 0 bridgehead atoms. The predicted molar refractivity (Wildman–Crippen MR) is 129 cm³/mol. The molecule has 1 atom stereocenters. The van der Waals surface area contributed by atoms with E-state index in [1.807, 2.05) is 45.0 Å². The summed E-state index contributed by atoms with van der Waals surface area (Å²) in [5.41, 5.74) is 1.05. The van der Waals surface area contributed by atoms with Crippen LogP contribution in [0.2, 0.25) is 0 Å². The number of aromatic nitrogens is 2. The molecule has 0 aliphatic carbocycles. The lowest BCUT2D eigenvalue weighted by Gasteiger charge is -2.22. The van der Waals surface area contributed by atoms with Gasteiger partial charge in [0.25, 0.3) is 5.91 Å². The predicted octanol–water partition coefficient (Wildman–Crippen LogP) is 4.89. The van der Waals surface area contributed by atoms with E-state index in [0.29, 0.717) is 45.8 Å². The van der Waals surface area contributed by atoms with Gasteiger partial charge in [-0.05, 0) is 50.1 Å². The van der Waals surface area contributed by atoms with Crippen LogP contribution in [0.1, 0.15) is 53.0 Å². The highest BCUT2D eigenvalue weighted by atomic mass is 32.1. The standard InChI is InChI=1S/C25H23N3O5S/c1-4-11-32-16-8-6-7-15(12-16)21-20-22(29)18-10-9-17(31-5-2)13-19(18)33-23(20)24(30)28(21)25-27-26-14(3)34-25/h6-10,12-13,21H,4-5,11H2,1-3H3. The van der Waals surface area contributed by atoms with Crippen molar-refractivity contribution in [2.24, 2.45) is 0 Å². The topological polar surface area (TPSA) is 94.8 Å². The largest absolute Gasteiger partial charge is 0.494 e. The summed E-state index contributed by atoms with van der Waals surface area (Å²) >= 11 is 1.28. The molecule has 5 rings (SSSR count). The van der Waals surface area contributed by atoms with Gasteiger partial charge < -0.3 is 13.9 Å². The van der Waals surface area contributed by atoms with Crippen molar-refractivity contribution in [3.05, 3.63) is 74.6 Å². The minimum absolute atomic E-state index is 0.00359. The zero-order chi connectivity index (χ0) is 23.8. The van der Waals surface area contributed by atoms with Crippen molar-refractivity contribution in [2.75, 3.05) is 18.1 Å². The highest BCUT2D eigenvalue weighted by molar-refractivity contribution is 7.15. The van der Waals surface area contributed by atoms with Gasteiger partial charge in [-0.15, -0.1) is 10.2 Å². The molecule has 0 spiro atoms. The summed E-state index contributed by atoms with van der Waals surface area (Å²) < 4.78 is 17.4. The van der Waals surface area contributed by atoms with Crippen molar-refractivity contribution < 1.29 is 18.7 Å². The molecular weight excluding hydrogens is 454 g/mol. The van der Waals surface area contributed by atoms with E-state index in [1.54, 1.807) is 18.2 Å². The van der Waals surface area contributed by atoms with E-state index in [1.165, 1.54) is 16.2 Å². The Bertz CT molecular complexity index is 1440. The number of carbonyl (C=O) groups excluding carboxylic acids is 1. The molecule has 0 fully saturated rings. The fourth-order valence-corrected chi connectivity index (χ4v) is 4.81. The number of anilines is 1. The molecule has 8 nitrogen and oxygen atoms in total. The minimum Gasteiger partial charge on any atom is -0.494 e. The highest BCUT2D eigenvalue weighted by Crippen LogP contribution is 2.42. The number of benzene rings is 2. The van der Waals surface area contributed by atoms with E-state index < -0.39 is 11.9 Å². The first-order valence-electron chi connectivity index (χ1n) is 11.1. The zero-order valence-corrected chi connectivity index (χ0v) is 19.8. The third kappa shape index (κ3) is 3.71. The molecule has 1 aliphatic rings.